The van der Waals surface area contributed by atoms with E-state index in [2.05, 4.69) is 20.6 Å². The van der Waals surface area contributed by atoms with E-state index in [4.69, 9.17) is 0 Å². The zero-order valence-corrected chi connectivity index (χ0v) is 12.1. The van der Waals surface area contributed by atoms with Gasteiger partial charge in [0.25, 0.3) is 0 Å². The van der Waals surface area contributed by atoms with Crippen molar-refractivity contribution in [3.63, 3.8) is 0 Å². The lowest BCUT2D eigenvalue weighted by molar-refractivity contribution is -0.122. The van der Waals surface area contributed by atoms with Gasteiger partial charge in [-0.3, -0.25) is 14.7 Å². The average Bonchev–Trinajstić information content (AvgIpc) is 2.37. The predicted molar refractivity (Wildman–Crippen MR) is 75.8 cm³/mol. The minimum atomic E-state index is 0.0386. The Kier molecular flexibility index (Phi) is 6.21. The van der Waals surface area contributed by atoms with Crippen LogP contribution in [0.5, 0.6) is 0 Å². The van der Waals surface area contributed by atoms with E-state index in [9.17, 15) is 4.79 Å². The van der Waals surface area contributed by atoms with Crippen LogP contribution in [0.25, 0.3) is 0 Å². The van der Waals surface area contributed by atoms with Crippen LogP contribution in [0.2, 0.25) is 0 Å². The Labute approximate surface area is 114 Å². The first-order valence-electron chi connectivity index (χ1n) is 6.55. The molecule has 106 valence electrons. The summed E-state index contributed by atoms with van der Waals surface area (Å²) in [5.74, 6) is 0.779. The van der Waals surface area contributed by atoms with E-state index in [1.165, 1.54) is 0 Å². The van der Waals surface area contributed by atoms with Gasteiger partial charge in [0.15, 0.2) is 0 Å². The molecule has 0 aromatic carbocycles. The number of carbonyl (C=O) groups is 1. The maximum atomic E-state index is 11.7. The lowest BCUT2D eigenvalue weighted by atomic mass is 10.3. The molecule has 0 aliphatic heterocycles. The van der Waals surface area contributed by atoms with Gasteiger partial charge >= 0.3 is 0 Å². The summed E-state index contributed by atoms with van der Waals surface area (Å²) in [6, 6.07) is 0.168. The first kappa shape index (κ1) is 15.4. The molecule has 1 aromatic rings. The summed E-state index contributed by atoms with van der Waals surface area (Å²) >= 11 is 0. The normalized spacial score (nSPS) is 10.8. The Balaban J connectivity index is 2.53. The van der Waals surface area contributed by atoms with E-state index < -0.39 is 0 Å². The number of hydrogen-bond acceptors (Lipinski definition) is 5. The molecule has 2 N–H and O–H groups in total. The molecule has 1 rings (SSSR count). The van der Waals surface area contributed by atoms with Crippen LogP contribution in [0.4, 0.5) is 5.82 Å². The first-order chi connectivity index (χ1) is 9.05. The fourth-order valence-electron chi connectivity index (χ4n) is 1.64. The van der Waals surface area contributed by atoms with Crippen molar-refractivity contribution in [3.05, 3.63) is 18.1 Å². The van der Waals surface area contributed by atoms with Crippen molar-refractivity contribution in [1.29, 1.82) is 0 Å². The highest BCUT2D eigenvalue weighted by molar-refractivity contribution is 5.78. The predicted octanol–water partition coefficient (Wildman–Crippen LogP) is 0.865. The minimum Gasteiger partial charge on any atom is -0.372 e. The fourth-order valence-corrected chi connectivity index (χ4v) is 1.64. The third-order valence-corrected chi connectivity index (χ3v) is 2.61. The van der Waals surface area contributed by atoms with Gasteiger partial charge in [-0.15, -0.1) is 0 Å². The molecule has 0 fully saturated rings. The molecule has 0 unspecified atom stereocenters. The van der Waals surface area contributed by atoms with Crippen LogP contribution < -0.4 is 10.6 Å². The van der Waals surface area contributed by atoms with Gasteiger partial charge in [0.1, 0.15) is 5.82 Å². The van der Waals surface area contributed by atoms with Gasteiger partial charge in [0, 0.05) is 19.6 Å². The summed E-state index contributed by atoms with van der Waals surface area (Å²) in [5, 5.41) is 5.81. The molecule has 0 saturated heterocycles. The molecule has 1 aromatic heterocycles. The Morgan fingerprint density at radius 2 is 2.11 bits per heavy atom. The summed E-state index contributed by atoms with van der Waals surface area (Å²) in [6.45, 7) is 7.73. The number of hydrogen-bond donors (Lipinski definition) is 2. The van der Waals surface area contributed by atoms with E-state index in [0.29, 0.717) is 13.1 Å². The molecule has 0 saturated carbocycles. The Morgan fingerprint density at radius 1 is 1.37 bits per heavy atom. The van der Waals surface area contributed by atoms with E-state index in [1.807, 2.05) is 25.7 Å². The van der Waals surface area contributed by atoms with E-state index in [1.54, 1.807) is 19.4 Å². The zero-order valence-electron chi connectivity index (χ0n) is 12.1. The van der Waals surface area contributed by atoms with Crippen LogP contribution in [0, 0.1) is 0 Å². The third-order valence-electron chi connectivity index (χ3n) is 2.61. The second-order valence-electron chi connectivity index (χ2n) is 4.67. The van der Waals surface area contributed by atoms with Crippen LogP contribution in [-0.4, -0.2) is 47.0 Å². The SMILES string of the molecule is CCN(CC(=O)NC(C)C)Cc1cnc(NC)cn1. The molecule has 6 heteroatoms. The molecule has 1 amide bonds. The Hall–Kier alpha value is -1.69. The summed E-state index contributed by atoms with van der Waals surface area (Å²) < 4.78 is 0. The number of rotatable bonds is 7. The minimum absolute atomic E-state index is 0.0386. The van der Waals surface area contributed by atoms with Gasteiger partial charge < -0.3 is 10.6 Å². The standard InChI is InChI=1S/C13H23N5O/c1-5-18(9-13(19)17-10(2)3)8-11-6-16-12(14-4)7-15-11/h6-7,10H,5,8-9H2,1-4H3,(H,14,16)(H,17,19). The monoisotopic (exact) mass is 265 g/mol. The van der Waals surface area contributed by atoms with Crippen molar-refractivity contribution in [2.75, 3.05) is 25.5 Å². The lowest BCUT2D eigenvalue weighted by Gasteiger charge is -2.20. The van der Waals surface area contributed by atoms with Crippen LogP contribution in [0.1, 0.15) is 26.5 Å². The fraction of sp³-hybridized carbons (Fsp3) is 0.615. The summed E-state index contributed by atoms with van der Waals surface area (Å²) in [4.78, 5) is 22.3. The average molecular weight is 265 g/mol. The van der Waals surface area contributed by atoms with Crippen molar-refractivity contribution in [1.82, 2.24) is 20.2 Å². The van der Waals surface area contributed by atoms with Crippen molar-refractivity contribution in [3.8, 4) is 0 Å². The van der Waals surface area contributed by atoms with E-state index >= 15 is 0 Å². The van der Waals surface area contributed by atoms with Gasteiger partial charge in [-0.25, -0.2) is 4.98 Å². The second kappa shape index (κ2) is 7.68. The highest BCUT2D eigenvalue weighted by Crippen LogP contribution is 2.03. The number of carbonyl (C=O) groups excluding carboxylic acids is 1. The quantitative estimate of drug-likeness (QED) is 0.765. The van der Waals surface area contributed by atoms with E-state index in [0.717, 1.165) is 18.1 Å². The highest BCUT2D eigenvalue weighted by atomic mass is 16.2. The summed E-state index contributed by atoms with van der Waals surface area (Å²) in [5.41, 5.74) is 0.859. The molecule has 0 atom stereocenters. The molecule has 6 nitrogen and oxygen atoms in total. The van der Waals surface area contributed by atoms with Crippen LogP contribution in [0.15, 0.2) is 12.4 Å². The molecule has 19 heavy (non-hydrogen) atoms. The van der Waals surface area contributed by atoms with E-state index in [-0.39, 0.29) is 11.9 Å². The highest BCUT2D eigenvalue weighted by Gasteiger charge is 2.11. The lowest BCUT2D eigenvalue weighted by Crippen LogP contribution is -2.39. The van der Waals surface area contributed by atoms with Crippen LogP contribution in [0.3, 0.4) is 0 Å². The van der Waals surface area contributed by atoms with Gasteiger partial charge in [-0.1, -0.05) is 6.92 Å². The molecule has 0 aliphatic rings. The molecule has 0 radical (unpaired) electrons. The number of amides is 1. The maximum Gasteiger partial charge on any atom is 0.234 e. The smallest absolute Gasteiger partial charge is 0.234 e. The number of anilines is 1. The van der Waals surface area contributed by atoms with Gasteiger partial charge in [0.2, 0.25) is 5.91 Å². The zero-order chi connectivity index (χ0) is 14.3. The molecule has 0 aliphatic carbocycles. The summed E-state index contributed by atoms with van der Waals surface area (Å²) in [6.07, 6.45) is 3.42. The maximum absolute atomic E-state index is 11.7. The van der Waals surface area contributed by atoms with Gasteiger partial charge in [-0.05, 0) is 20.4 Å². The van der Waals surface area contributed by atoms with Crippen molar-refractivity contribution in [2.45, 2.75) is 33.4 Å². The Bertz CT molecular complexity index is 391. The molecule has 1 heterocycles. The molecular weight excluding hydrogens is 242 g/mol. The van der Waals surface area contributed by atoms with Crippen molar-refractivity contribution >= 4 is 11.7 Å². The van der Waals surface area contributed by atoms with Crippen LogP contribution >= 0.6 is 0 Å². The Morgan fingerprint density at radius 3 is 2.58 bits per heavy atom. The number of likely N-dealkylation sites (N-methyl/N-ethyl adjacent to an activating group) is 1. The summed E-state index contributed by atoms with van der Waals surface area (Å²) in [7, 11) is 1.80. The molecular formula is C13H23N5O. The molecule has 0 spiro atoms. The van der Waals surface area contributed by atoms with Crippen molar-refractivity contribution in [2.24, 2.45) is 0 Å². The third kappa shape index (κ3) is 5.65. The number of aromatic nitrogens is 2. The molecule has 0 bridgehead atoms. The van der Waals surface area contributed by atoms with Gasteiger partial charge in [0.05, 0.1) is 24.6 Å². The largest absolute Gasteiger partial charge is 0.372 e. The number of nitrogens with zero attached hydrogens (tertiary/aromatic N) is 3. The first-order valence-corrected chi connectivity index (χ1v) is 6.55. The second-order valence-corrected chi connectivity index (χ2v) is 4.67. The van der Waals surface area contributed by atoms with Gasteiger partial charge in [-0.2, -0.15) is 0 Å². The van der Waals surface area contributed by atoms with Crippen LogP contribution in [-0.2, 0) is 11.3 Å². The number of nitrogens with one attached hydrogen (secondary N) is 2. The van der Waals surface area contributed by atoms with Crippen molar-refractivity contribution < 1.29 is 4.79 Å². The topological polar surface area (TPSA) is 70.2 Å².